The molecule has 5 heteroatoms. The molecule has 1 heterocycles. The second kappa shape index (κ2) is 2.73. The molecule has 14 heavy (non-hydrogen) atoms. The maximum atomic E-state index is 13.0. The van der Waals surface area contributed by atoms with Gasteiger partial charge in [0.25, 0.3) is 0 Å². The van der Waals surface area contributed by atoms with Gasteiger partial charge in [-0.1, -0.05) is 0 Å². The van der Waals surface area contributed by atoms with Crippen LogP contribution in [0.2, 0.25) is 0 Å². The van der Waals surface area contributed by atoms with Crippen LogP contribution in [0.4, 0.5) is 17.6 Å². The van der Waals surface area contributed by atoms with Gasteiger partial charge in [0.15, 0.2) is 0 Å². The van der Waals surface area contributed by atoms with Crippen molar-refractivity contribution in [2.45, 2.75) is 6.18 Å². The van der Waals surface area contributed by atoms with E-state index in [0.29, 0.717) is 10.9 Å². The monoisotopic (exact) mass is 203 g/mol. The van der Waals surface area contributed by atoms with E-state index in [0.717, 1.165) is 12.1 Å². The van der Waals surface area contributed by atoms with Crippen LogP contribution in [0.25, 0.3) is 10.9 Å². The third-order valence-electron chi connectivity index (χ3n) is 1.95. The molecule has 0 unspecified atom stereocenters. The SMILES string of the molecule is Fc1cc2[nH]ccc2cc1C(F)(F)F. The molecule has 2 rings (SSSR count). The van der Waals surface area contributed by atoms with E-state index in [1.807, 2.05) is 0 Å². The third-order valence-corrected chi connectivity index (χ3v) is 1.95. The van der Waals surface area contributed by atoms with Gasteiger partial charge in [-0.25, -0.2) is 4.39 Å². The Kier molecular flexibility index (Phi) is 1.77. The van der Waals surface area contributed by atoms with E-state index in [9.17, 15) is 17.6 Å². The molecule has 0 spiro atoms. The number of alkyl halides is 3. The lowest BCUT2D eigenvalue weighted by atomic mass is 10.1. The number of hydrogen-bond donors (Lipinski definition) is 1. The zero-order chi connectivity index (χ0) is 10.3. The van der Waals surface area contributed by atoms with Gasteiger partial charge >= 0.3 is 6.18 Å². The molecule has 0 radical (unpaired) electrons. The molecule has 0 bridgehead atoms. The Morgan fingerprint density at radius 1 is 1.14 bits per heavy atom. The van der Waals surface area contributed by atoms with Gasteiger partial charge in [-0.15, -0.1) is 0 Å². The van der Waals surface area contributed by atoms with Crippen LogP contribution in [0.5, 0.6) is 0 Å². The van der Waals surface area contributed by atoms with E-state index in [4.69, 9.17) is 0 Å². The fourth-order valence-electron chi connectivity index (χ4n) is 1.29. The third kappa shape index (κ3) is 1.34. The molecule has 0 aliphatic rings. The number of benzene rings is 1. The minimum Gasteiger partial charge on any atom is -0.361 e. The summed E-state index contributed by atoms with van der Waals surface area (Å²) in [5, 5.41) is 0.346. The lowest BCUT2D eigenvalue weighted by Gasteiger charge is -2.07. The van der Waals surface area contributed by atoms with Gasteiger partial charge < -0.3 is 4.98 Å². The van der Waals surface area contributed by atoms with Crippen LogP contribution in [0.3, 0.4) is 0 Å². The Morgan fingerprint density at radius 2 is 1.86 bits per heavy atom. The highest BCUT2D eigenvalue weighted by Gasteiger charge is 2.34. The van der Waals surface area contributed by atoms with Crippen molar-refractivity contribution in [1.82, 2.24) is 4.98 Å². The number of aromatic amines is 1. The molecule has 1 aromatic carbocycles. The Balaban J connectivity index is 2.71. The predicted octanol–water partition coefficient (Wildman–Crippen LogP) is 3.33. The van der Waals surface area contributed by atoms with Crippen LogP contribution in [0, 0.1) is 5.82 Å². The van der Waals surface area contributed by atoms with Crippen LogP contribution >= 0.6 is 0 Å². The van der Waals surface area contributed by atoms with Crippen LogP contribution in [0.15, 0.2) is 24.4 Å². The average Bonchev–Trinajstić information content (AvgIpc) is 2.47. The van der Waals surface area contributed by atoms with Gasteiger partial charge in [0.2, 0.25) is 0 Å². The number of fused-ring (bicyclic) bond motifs is 1. The Bertz CT molecular complexity index is 469. The number of H-pyrrole nitrogens is 1. The summed E-state index contributed by atoms with van der Waals surface area (Å²) in [4.78, 5) is 2.63. The number of hydrogen-bond acceptors (Lipinski definition) is 0. The van der Waals surface area contributed by atoms with E-state index in [1.165, 1.54) is 12.3 Å². The first kappa shape index (κ1) is 9.05. The van der Waals surface area contributed by atoms with E-state index in [1.54, 1.807) is 0 Å². The van der Waals surface area contributed by atoms with Gasteiger partial charge in [-0.05, 0) is 18.2 Å². The fraction of sp³-hybridized carbons (Fsp3) is 0.111. The molecule has 0 saturated carbocycles. The van der Waals surface area contributed by atoms with E-state index >= 15 is 0 Å². The zero-order valence-corrected chi connectivity index (χ0v) is 6.82. The van der Waals surface area contributed by atoms with Crippen LogP contribution in [-0.4, -0.2) is 4.98 Å². The van der Waals surface area contributed by atoms with E-state index in [-0.39, 0.29) is 0 Å². The van der Waals surface area contributed by atoms with Crippen LogP contribution < -0.4 is 0 Å². The number of rotatable bonds is 0. The Morgan fingerprint density at radius 3 is 2.50 bits per heavy atom. The van der Waals surface area contributed by atoms with Gasteiger partial charge in [-0.3, -0.25) is 0 Å². The summed E-state index contributed by atoms with van der Waals surface area (Å²) < 4.78 is 49.7. The second-order valence-electron chi connectivity index (χ2n) is 2.89. The topological polar surface area (TPSA) is 15.8 Å². The first-order valence-electron chi connectivity index (χ1n) is 3.82. The summed E-state index contributed by atoms with van der Waals surface area (Å²) in [6.07, 6.45) is -3.18. The van der Waals surface area contributed by atoms with Crippen LogP contribution in [-0.2, 0) is 6.18 Å². The molecule has 0 aliphatic carbocycles. The smallest absolute Gasteiger partial charge is 0.361 e. The predicted molar refractivity (Wildman–Crippen MR) is 43.3 cm³/mol. The second-order valence-corrected chi connectivity index (χ2v) is 2.89. The first-order valence-corrected chi connectivity index (χ1v) is 3.82. The summed E-state index contributed by atoms with van der Waals surface area (Å²) in [5.41, 5.74) is -0.875. The number of aromatic nitrogens is 1. The van der Waals surface area contributed by atoms with Crippen molar-refractivity contribution in [3.63, 3.8) is 0 Å². The molecule has 0 saturated heterocycles. The maximum absolute atomic E-state index is 13.0. The molecule has 1 nitrogen and oxygen atoms in total. The summed E-state index contributed by atoms with van der Waals surface area (Å²) >= 11 is 0. The maximum Gasteiger partial charge on any atom is 0.419 e. The molecule has 1 aromatic heterocycles. The largest absolute Gasteiger partial charge is 0.419 e. The quantitative estimate of drug-likeness (QED) is 0.632. The standard InChI is InChI=1S/C9H5F4N/c10-7-4-8-5(1-2-14-8)3-6(7)9(11,12)13/h1-4,14H. The number of halogens is 4. The van der Waals surface area contributed by atoms with E-state index < -0.39 is 17.6 Å². The highest BCUT2D eigenvalue weighted by atomic mass is 19.4. The molecule has 0 aliphatic heterocycles. The van der Waals surface area contributed by atoms with E-state index in [2.05, 4.69) is 4.98 Å². The summed E-state index contributed by atoms with van der Waals surface area (Å²) in [7, 11) is 0. The fourth-order valence-corrected chi connectivity index (χ4v) is 1.29. The minimum atomic E-state index is -4.64. The van der Waals surface area contributed by atoms with Gasteiger partial charge in [0.05, 0.1) is 5.56 Å². The molecular weight excluding hydrogens is 198 g/mol. The molecule has 0 fully saturated rings. The molecule has 0 atom stereocenters. The van der Waals surface area contributed by atoms with Gasteiger partial charge in [0, 0.05) is 17.1 Å². The van der Waals surface area contributed by atoms with Crippen molar-refractivity contribution >= 4 is 10.9 Å². The Labute approximate surface area is 76.3 Å². The molecule has 0 amide bonds. The normalized spacial score (nSPS) is 12.3. The summed E-state index contributed by atoms with van der Waals surface area (Å²) in [5.74, 6) is -1.26. The lowest BCUT2D eigenvalue weighted by molar-refractivity contribution is -0.139. The van der Waals surface area contributed by atoms with Crippen molar-refractivity contribution in [3.8, 4) is 0 Å². The lowest BCUT2D eigenvalue weighted by Crippen LogP contribution is -2.07. The van der Waals surface area contributed by atoms with Crippen molar-refractivity contribution in [2.75, 3.05) is 0 Å². The van der Waals surface area contributed by atoms with Crippen molar-refractivity contribution in [1.29, 1.82) is 0 Å². The van der Waals surface area contributed by atoms with Gasteiger partial charge in [0.1, 0.15) is 5.82 Å². The Hall–Kier alpha value is -1.52. The van der Waals surface area contributed by atoms with Crippen molar-refractivity contribution < 1.29 is 17.6 Å². The molecular formula is C9H5F4N. The molecule has 1 N–H and O–H groups in total. The minimum absolute atomic E-state index is 0.346. The highest BCUT2D eigenvalue weighted by Crippen LogP contribution is 2.33. The van der Waals surface area contributed by atoms with Crippen molar-refractivity contribution in [3.05, 3.63) is 35.8 Å². The summed E-state index contributed by atoms with van der Waals surface area (Å²) in [6, 6.07) is 3.10. The zero-order valence-electron chi connectivity index (χ0n) is 6.82. The number of nitrogens with one attached hydrogen (secondary N) is 1. The average molecular weight is 203 g/mol. The first-order chi connectivity index (χ1) is 6.48. The van der Waals surface area contributed by atoms with Gasteiger partial charge in [-0.2, -0.15) is 13.2 Å². The van der Waals surface area contributed by atoms with Crippen LogP contribution in [0.1, 0.15) is 5.56 Å². The van der Waals surface area contributed by atoms with Crippen molar-refractivity contribution in [2.24, 2.45) is 0 Å². The summed E-state index contributed by atoms with van der Waals surface area (Å²) in [6.45, 7) is 0. The molecule has 74 valence electrons. The highest BCUT2D eigenvalue weighted by molar-refractivity contribution is 5.80. The molecule has 2 aromatic rings.